The average Bonchev–Trinajstić information content (AvgIpc) is 2.89. The molecule has 0 spiro atoms. The predicted octanol–water partition coefficient (Wildman–Crippen LogP) is 8.74. The van der Waals surface area contributed by atoms with Gasteiger partial charge in [-0.1, -0.05) is 89.1 Å². The van der Waals surface area contributed by atoms with E-state index in [1.54, 1.807) is 48.8 Å². The van der Waals surface area contributed by atoms with Crippen molar-refractivity contribution in [1.29, 1.82) is 0 Å². The molecule has 4 nitrogen and oxygen atoms in total. The van der Waals surface area contributed by atoms with Crippen molar-refractivity contribution in [2.24, 2.45) is 10.8 Å². The summed E-state index contributed by atoms with van der Waals surface area (Å²) in [5.41, 5.74) is 0.508. The summed E-state index contributed by atoms with van der Waals surface area (Å²) in [6.07, 6.45) is 4.43. The number of nitrogens with zero attached hydrogens (tertiary/aromatic N) is 2. The Kier molecular flexibility index (Phi) is 13.9. The molecule has 0 unspecified atom stereocenters. The molecule has 0 amide bonds. The standard InChI is InChI=1S/2C11H6F2N.C11H20O2.Ir/c2*12-8-4-5-9(10(13)7-8)11-3-1-2-6-14-11;1-10(2,3)8(12)7-9(13)11(4,5)6;/h2*1-4,6-7H;7,12H,1-6H3;/q2*-1;;. The number of allylic oxidation sites excluding steroid dienone is 2. The van der Waals surface area contributed by atoms with Gasteiger partial charge in [-0.05, 0) is 23.5 Å². The molecule has 2 aromatic carbocycles. The Morgan fingerprint density at radius 3 is 1.43 bits per heavy atom. The average molecular weight is 757 g/mol. The molecular formula is C33H32F4IrN2O2-2. The van der Waals surface area contributed by atoms with E-state index in [0.29, 0.717) is 11.4 Å². The van der Waals surface area contributed by atoms with E-state index in [-0.39, 0.29) is 48.2 Å². The van der Waals surface area contributed by atoms with Crippen molar-refractivity contribution in [1.82, 2.24) is 9.97 Å². The van der Waals surface area contributed by atoms with E-state index in [9.17, 15) is 27.5 Å². The Bertz CT molecular complexity index is 1380. The van der Waals surface area contributed by atoms with Crippen LogP contribution in [0.15, 0.2) is 84.9 Å². The maximum Gasteiger partial charge on any atom is 0.164 e. The number of rotatable bonds is 3. The quantitative estimate of drug-likeness (QED) is 0.0984. The van der Waals surface area contributed by atoms with Gasteiger partial charge in [-0.2, -0.15) is 0 Å². The second kappa shape index (κ2) is 16.1. The molecule has 0 fully saturated rings. The van der Waals surface area contributed by atoms with Gasteiger partial charge in [0.15, 0.2) is 5.78 Å². The van der Waals surface area contributed by atoms with Crippen LogP contribution in [0.3, 0.4) is 0 Å². The third-order valence-electron chi connectivity index (χ3n) is 5.33. The van der Waals surface area contributed by atoms with E-state index in [0.717, 1.165) is 24.3 Å². The van der Waals surface area contributed by atoms with Crippen LogP contribution >= 0.6 is 0 Å². The number of benzene rings is 2. The second-order valence-electron chi connectivity index (χ2n) is 10.9. The smallest absolute Gasteiger partial charge is 0.164 e. The van der Waals surface area contributed by atoms with Crippen LogP contribution in [0.5, 0.6) is 0 Å². The van der Waals surface area contributed by atoms with Crippen molar-refractivity contribution in [2.45, 2.75) is 41.5 Å². The Hall–Kier alpha value is -3.68. The van der Waals surface area contributed by atoms with Gasteiger partial charge in [-0.25, -0.2) is 0 Å². The monoisotopic (exact) mass is 757 g/mol. The van der Waals surface area contributed by atoms with Crippen LogP contribution in [0.4, 0.5) is 17.6 Å². The Morgan fingerprint density at radius 1 is 0.738 bits per heavy atom. The third kappa shape index (κ3) is 11.7. The van der Waals surface area contributed by atoms with Crippen molar-refractivity contribution in [3.05, 3.63) is 120 Å². The van der Waals surface area contributed by atoms with E-state index in [2.05, 4.69) is 22.1 Å². The van der Waals surface area contributed by atoms with Gasteiger partial charge < -0.3 is 15.1 Å². The minimum Gasteiger partial charge on any atom is -0.512 e. The largest absolute Gasteiger partial charge is 0.512 e. The molecule has 225 valence electrons. The number of carbonyl (C=O) groups is 1. The van der Waals surface area contributed by atoms with Crippen LogP contribution in [0.1, 0.15) is 41.5 Å². The zero-order valence-corrected chi connectivity index (χ0v) is 26.5. The Morgan fingerprint density at radius 2 is 1.14 bits per heavy atom. The first-order chi connectivity index (χ1) is 19.1. The first-order valence-electron chi connectivity index (χ1n) is 12.6. The summed E-state index contributed by atoms with van der Waals surface area (Å²) in [5.74, 6) is -2.47. The molecular weight excluding hydrogens is 725 g/mol. The summed E-state index contributed by atoms with van der Waals surface area (Å²) in [7, 11) is 0. The molecule has 4 aromatic rings. The third-order valence-corrected chi connectivity index (χ3v) is 5.33. The molecule has 1 radical (unpaired) electrons. The number of ketones is 1. The molecule has 2 heterocycles. The topological polar surface area (TPSA) is 63.1 Å². The van der Waals surface area contributed by atoms with Crippen molar-refractivity contribution < 1.29 is 47.6 Å². The minimum atomic E-state index is -0.649. The van der Waals surface area contributed by atoms with Gasteiger partial charge >= 0.3 is 0 Å². The summed E-state index contributed by atoms with van der Waals surface area (Å²) in [6, 6.07) is 19.1. The van der Waals surface area contributed by atoms with Crippen LogP contribution < -0.4 is 0 Å². The van der Waals surface area contributed by atoms with Crippen molar-refractivity contribution >= 4 is 5.78 Å². The fourth-order valence-electron chi connectivity index (χ4n) is 2.86. The molecule has 0 aliphatic carbocycles. The van der Waals surface area contributed by atoms with Crippen LogP contribution in [0.25, 0.3) is 22.5 Å². The number of hydrogen-bond acceptors (Lipinski definition) is 4. The number of pyridine rings is 2. The first kappa shape index (κ1) is 36.3. The van der Waals surface area contributed by atoms with E-state index in [1.807, 2.05) is 41.5 Å². The van der Waals surface area contributed by atoms with E-state index < -0.39 is 28.7 Å². The fourth-order valence-corrected chi connectivity index (χ4v) is 2.86. The van der Waals surface area contributed by atoms with Crippen molar-refractivity contribution in [2.75, 3.05) is 0 Å². The van der Waals surface area contributed by atoms with Crippen molar-refractivity contribution in [3.8, 4) is 22.5 Å². The van der Waals surface area contributed by atoms with Gasteiger partial charge in [0.2, 0.25) is 0 Å². The zero-order valence-electron chi connectivity index (χ0n) is 24.1. The molecule has 0 saturated carbocycles. The minimum absolute atomic E-state index is 0. The number of aromatic nitrogens is 2. The molecule has 42 heavy (non-hydrogen) atoms. The SMILES string of the molecule is CC(C)(C)C(=O)C=C(O)C(C)(C)C.Fc1c[c-]c(-c2ccccn2)c(F)c1.Fc1c[c-]c(-c2ccccn2)c(F)c1.[Ir]. The van der Waals surface area contributed by atoms with Gasteiger partial charge in [-0.3, -0.25) is 22.4 Å². The molecule has 0 aliphatic rings. The first-order valence-corrected chi connectivity index (χ1v) is 12.6. The van der Waals surface area contributed by atoms with E-state index >= 15 is 0 Å². The summed E-state index contributed by atoms with van der Waals surface area (Å²) < 4.78 is 51.6. The van der Waals surface area contributed by atoms with Crippen LogP contribution in [0.2, 0.25) is 0 Å². The molecule has 1 N–H and O–H groups in total. The normalized spacial score (nSPS) is 11.2. The van der Waals surface area contributed by atoms with E-state index in [1.165, 1.54) is 6.08 Å². The molecule has 0 atom stereocenters. The molecule has 0 aliphatic heterocycles. The molecule has 9 heteroatoms. The number of carbonyl (C=O) groups excluding carboxylic acids is 1. The zero-order chi connectivity index (χ0) is 30.8. The van der Waals surface area contributed by atoms with Gasteiger partial charge in [0.05, 0.1) is 0 Å². The van der Waals surface area contributed by atoms with Gasteiger partial charge in [-0.15, -0.1) is 24.3 Å². The van der Waals surface area contributed by atoms with Crippen LogP contribution in [-0.4, -0.2) is 20.9 Å². The maximum atomic E-state index is 13.2. The molecule has 2 aromatic heterocycles. The molecule has 4 rings (SSSR count). The number of aliphatic hydroxyl groups is 1. The van der Waals surface area contributed by atoms with Crippen LogP contribution in [-0.2, 0) is 24.9 Å². The van der Waals surface area contributed by atoms with Crippen molar-refractivity contribution in [3.63, 3.8) is 0 Å². The molecule has 0 bridgehead atoms. The van der Waals surface area contributed by atoms with Gasteiger partial charge in [0.25, 0.3) is 0 Å². The Labute approximate surface area is 257 Å². The summed E-state index contributed by atoms with van der Waals surface area (Å²) in [5, 5.41) is 9.56. The van der Waals surface area contributed by atoms with Gasteiger partial charge in [0.1, 0.15) is 5.76 Å². The fraction of sp³-hybridized carbons (Fsp3) is 0.242. The van der Waals surface area contributed by atoms with Crippen LogP contribution in [0, 0.1) is 46.2 Å². The summed E-state index contributed by atoms with van der Waals surface area (Å²) in [4.78, 5) is 19.4. The summed E-state index contributed by atoms with van der Waals surface area (Å²) >= 11 is 0. The number of hydrogen-bond donors (Lipinski definition) is 1. The summed E-state index contributed by atoms with van der Waals surface area (Å²) in [6.45, 7) is 11.1. The Balaban J connectivity index is 0.000000312. The maximum absolute atomic E-state index is 13.2. The molecule has 0 saturated heterocycles. The van der Waals surface area contributed by atoms with E-state index in [4.69, 9.17) is 0 Å². The predicted molar refractivity (Wildman–Crippen MR) is 151 cm³/mol. The number of aliphatic hydroxyl groups excluding tert-OH is 1. The van der Waals surface area contributed by atoms with Gasteiger partial charge in [0, 0.05) is 72.7 Å². The number of halogens is 4. The second-order valence-corrected chi connectivity index (χ2v) is 10.9.